The monoisotopic (exact) mass is 406 g/mol. The molecule has 0 aliphatic heterocycles. The molecule has 10 heteroatoms. The van der Waals surface area contributed by atoms with E-state index in [1.165, 1.54) is 30.3 Å². The minimum absolute atomic E-state index is 0.143. The maximum Gasteiger partial charge on any atom is 0.391 e. The van der Waals surface area contributed by atoms with E-state index in [2.05, 4.69) is 10.0 Å². The van der Waals surface area contributed by atoms with E-state index in [0.29, 0.717) is 0 Å². The molecule has 0 spiro atoms. The van der Waals surface area contributed by atoms with E-state index in [1.807, 2.05) is 0 Å². The van der Waals surface area contributed by atoms with Crippen molar-refractivity contribution in [1.82, 2.24) is 5.32 Å². The minimum Gasteiger partial charge on any atom is -0.349 e. The molecule has 1 amide bonds. The van der Waals surface area contributed by atoms with Crippen molar-refractivity contribution in [3.05, 3.63) is 47.3 Å². The van der Waals surface area contributed by atoms with Gasteiger partial charge in [0.2, 0.25) is 0 Å². The van der Waals surface area contributed by atoms with Gasteiger partial charge in [-0.05, 0) is 42.1 Å². The first-order valence-corrected chi connectivity index (χ1v) is 10.0. The molecule has 0 aliphatic rings. The third-order valence-electron chi connectivity index (χ3n) is 3.47. The zero-order valence-electron chi connectivity index (χ0n) is 13.7. The van der Waals surface area contributed by atoms with Crippen molar-refractivity contribution < 1.29 is 26.4 Å². The molecular weight excluding hydrogens is 389 g/mol. The van der Waals surface area contributed by atoms with Crippen molar-refractivity contribution in [3.63, 3.8) is 0 Å². The first-order valence-electron chi connectivity index (χ1n) is 7.65. The van der Waals surface area contributed by atoms with Crippen LogP contribution in [0.15, 0.2) is 46.0 Å². The molecule has 0 saturated carbocycles. The molecule has 5 nitrogen and oxygen atoms in total. The van der Waals surface area contributed by atoms with E-state index >= 15 is 0 Å². The number of thiophene rings is 1. The van der Waals surface area contributed by atoms with E-state index in [0.717, 1.165) is 11.3 Å². The highest BCUT2D eigenvalue weighted by Crippen LogP contribution is 2.23. The molecule has 1 heterocycles. The summed E-state index contributed by atoms with van der Waals surface area (Å²) in [4.78, 5) is 12.1. The summed E-state index contributed by atoms with van der Waals surface area (Å²) in [6.07, 6.45) is -5.32. The van der Waals surface area contributed by atoms with Gasteiger partial charge in [0.1, 0.15) is 4.21 Å². The number of hydrogen-bond acceptors (Lipinski definition) is 4. The van der Waals surface area contributed by atoms with Gasteiger partial charge in [0.05, 0.1) is 6.42 Å². The lowest BCUT2D eigenvalue weighted by Gasteiger charge is -2.18. The smallest absolute Gasteiger partial charge is 0.349 e. The average Bonchev–Trinajstić information content (AvgIpc) is 3.08. The molecule has 142 valence electrons. The van der Waals surface area contributed by atoms with Crippen LogP contribution in [-0.4, -0.2) is 26.5 Å². The molecule has 2 rings (SSSR count). The predicted molar refractivity (Wildman–Crippen MR) is 93.8 cm³/mol. The fourth-order valence-electron chi connectivity index (χ4n) is 2.16. The van der Waals surface area contributed by atoms with Crippen molar-refractivity contribution in [2.75, 3.05) is 4.72 Å². The van der Waals surface area contributed by atoms with E-state index in [-0.39, 0.29) is 21.9 Å². The predicted octanol–water partition coefficient (Wildman–Crippen LogP) is 4.01. The Balaban J connectivity index is 2.03. The summed E-state index contributed by atoms with van der Waals surface area (Å²) in [5, 5.41) is 3.97. The van der Waals surface area contributed by atoms with Gasteiger partial charge >= 0.3 is 6.18 Å². The maximum absolute atomic E-state index is 12.5. The van der Waals surface area contributed by atoms with Crippen LogP contribution in [0.5, 0.6) is 0 Å². The highest BCUT2D eigenvalue weighted by Gasteiger charge is 2.31. The van der Waals surface area contributed by atoms with Crippen molar-refractivity contribution in [3.8, 4) is 0 Å². The summed E-state index contributed by atoms with van der Waals surface area (Å²) >= 11 is 1.06. The van der Waals surface area contributed by atoms with Crippen LogP contribution in [0.3, 0.4) is 0 Å². The van der Waals surface area contributed by atoms with Crippen LogP contribution in [0.25, 0.3) is 0 Å². The molecule has 2 aromatic rings. The Morgan fingerprint density at radius 3 is 2.35 bits per heavy atom. The van der Waals surface area contributed by atoms with E-state index < -0.39 is 34.6 Å². The van der Waals surface area contributed by atoms with Gasteiger partial charge < -0.3 is 5.32 Å². The molecule has 0 unspecified atom stereocenters. The molecule has 1 aromatic heterocycles. The van der Waals surface area contributed by atoms with Gasteiger partial charge in [0, 0.05) is 17.3 Å². The normalized spacial score (nSPS) is 13.2. The van der Waals surface area contributed by atoms with Crippen LogP contribution in [-0.2, 0) is 10.0 Å². The van der Waals surface area contributed by atoms with Crippen molar-refractivity contribution in [2.45, 2.75) is 36.2 Å². The largest absolute Gasteiger partial charge is 0.391 e. The number of hydrogen-bond donors (Lipinski definition) is 2. The number of rotatable bonds is 7. The number of benzene rings is 1. The summed E-state index contributed by atoms with van der Waals surface area (Å²) in [6, 6.07) is 7.51. The minimum atomic E-state index is -4.36. The van der Waals surface area contributed by atoms with E-state index in [9.17, 15) is 26.4 Å². The van der Waals surface area contributed by atoms with E-state index in [1.54, 1.807) is 18.4 Å². The second kappa shape index (κ2) is 8.09. The van der Waals surface area contributed by atoms with Crippen LogP contribution >= 0.6 is 11.3 Å². The number of nitrogens with one attached hydrogen (secondary N) is 2. The second-order valence-electron chi connectivity index (χ2n) is 5.51. The van der Waals surface area contributed by atoms with E-state index in [4.69, 9.17) is 0 Å². The SMILES string of the molecule is CC[C@@H](CC(F)(F)F)NC(=O)c1ccc(NS(=O)(=O)c2cccs2)cc1. The van der Waals surface area contributed by atoms with Crippen LogP contribution in [0, 0.1) is 0 Å². The number of halogens is 3. The molecule has 26 heavy (non-hydrogen) atoms. The lowest BCUT2D eigenvalue weighted by atomic mass is 10.1. The Morgan fingerprint density at radius 1 is 1.19 bits per heavy atom. The number of carbonyl (C=O) groups excluding carboxylic acids is 1. The molecular formula is C16H17F3N2O3S2. The lowest BCUT2D eigenvalue weighted by molar-refractivity contribution is -0.139. The van der Waals surface area contributed by atoms with Crippen molar-refractivity contribution in [2.24, 2.45) is 0 Å². The first kappa shape index (κ1) is 20.2. The molecule has 0 saturated heterocycles. The summed E-state index contributed by atoms with van der Waals surface area (Å²) in [6.45, 7) is 1.55. The summed E-state index contributed by atoms with van der Waals surface area (Å²) < 4.78 is 64.1. The highest BCUT2D eigenvalue weighted by atomic mass is 32.2. The fourth-order valence-corrected chi connectivity index (χ4v) is 4.21. The van der Waals surface area contributed by atoms with Gasteiger partial charge in [-0.25, -0.2) is 8.42 Å². The van der Waals surface area contributed by atoms with Gasteiger partial charge in [-0.3, -0.25) is 9.52 Å². The zero-order valence-corrected chi connectivity index (χ0v) is 15.3. The van der Waals surface area contributed by atoms with Gasteiger partial charge in [0.15, 0.2) is 0 Å². The molecule has 2 N–H and O–H groups in total. The zero-order chi connectivity index (χ0) is 19.4. The number of anilines is 1. The molecule has 0 fully saturated rings. The fraction of sp³-hybridized carbons (Fsp3) is 0.312. The van der Waals surface area contributed by atoms with Crippen LogP contribution in [0.1, 0.15) is 30.1 Å². The van der Waals surface area contributed by atoms with Crippen molar-refractivity contribution >= 4 is 33.0 Å². The van der Waals surface area contributed by atoms with Gasteiger partial charge in [-0.1, -0.05) is 13.0 Å². The van der Waals surface area contributed by atoms with Crippen LogP contribution < -0.4 is 10.0 Å². The van der Waals surface area contributed by atoms with Crippen LogP contribution in [0.2, 0.25) is 0 Å². The summed E-state index contributed by atoms with van der Waals surface area (Å²) in [7, 11) is -3.70. The topological polar surface area (TPSA) is 75.3 Å². The second-order valence-corrected chi connectivity index (χ2v) is 8.37. The van der Waals surface area contributed by atoms with Gasteiger partial charge in [0.25, 0.3) is 15.9 Å². The molecule has 0 bridgehead atoms. The molecule has 1 atom stereocenters. The Labute approximate surface area is 153 Å². The average molecular weight is 406 g/mol. The number of carbonyl (C=O) groups is 1. The number of alkyl halides is 3. The maximum atomic E-state index is 12.5. The Bertz CT molecular complexity index is 833. The van der Waals surface area contributed by atoms with Crippen LogP contribution in [0.4, 0.5) is 18.9 Å². The third-order valence-corrected chi connectivity index (χ3v) is 6.24. The Morgan fingerprint density at radius 2 is 1.85 bits per heavy atom. The lowest BCUT2D eigenvalue weighted by Crippen LogP contribution is -2.37. The molecule has 0 aliphatic carbocycles. The van der Waals surface area contributed by atoms with Gasteiger partial charge in [-0.2, -0.15) is 13.2 Å². The van der Waals surface area contributed by atoms with Gasteiger partial charge in [-0.15, -0.1) is 11.3 Å². The number of amides is 1. The summed E-state index contributed by atoms with van der Waals surface area (Å²) in [5.41, 5.74) is 0.391. The third kappa shape index (κ3) is 5.73. The molecule has 1 aromatic carbocycles. The quantitative estimate of drug-likeness (QED) is 0.730. The first-order chi connectivity index (χ1) is 12.1. The Kier molecular flexibility index (Phi) is 6.30. The standard InChI is InChI=1S/C16H17F3N2O3S2/c1-2-12(10-16(17,18)19)20-15(22)11-5-7-13(8-6-11)21-26(23,24)14-4-3-9-25-14/h3-9,12,21H,2,10H2,1H3,(H,20,22)/t12-/m0/s1. The molecule has 0 radical (unpaired) electrons. The van der Waals surface area contributed by atoms with Crippen molar-refractivity contribution in [1.29, 1.82) is 0 Å². The highest BCUT2D eigenvalue weighted by molar-refractivity contribution is 7.94. The number of sulfonamides is 1. The Hall–Kier alpha value is -2.07. The summed E-state index contributed by atoms with van der Waals surface area (Å²) in [5.74, 6) is -0.645.